The van der Waals surface area contributed by atoms with E-state index in [1.54, 1.807) is 25.4 Å². The van der Waals surface area contributed by atoms with Gasteiger partial charge in [0.25, 0.3) is 0 Å². The number of rotatable bonds is 5. The predicted octanol–water partition coefficient (Wildman–Crippen LogP) is 1.05. The third kappa shape index (κ3) is 3.01. The Labute approximate surface area is 135 Å². The summed E-state index contributed by atoms with van der Waals surface area (Å²) >= 11 is 0. The Kier molecular flexibility index (Phi) is 4.47. The van der Waals surface area contributed by atoms with Gasteiger partial charge in [0.05, 0.1) is 24.9 Å². The van der Waals surface area contributed by atoms with Crippen LogP contribution in [0, 0.1) is 5.92 Å². The number of carbonyl (C=O) groups excluding carboxylic acids is 2. The molecule has 3 heterocycles. The number of carbonyl (C=O) groups is 2. The molecule has 0 aromatic carbocycles. The maximum atomic E-state index is 12.5. The first-order valence-electron chi connectivity index (χ1n) is 7.75. The molecule has 0 spiro atoms. The molecule has 3 rings (SSSR count). The fraction of sp³-hybridized carbons (Fsp3) is 0.562. The molecule has 2 fully saturated rings. The number of hydrogen-bond acceptors (Lipinski definition) is 5. The van der Waals surface area contributed by atoms with Crippen LogP contribution in [0.5, 0.6) is 5.88 Å². The van der Waals surface area contributed by atoms with E-state index in [0.717, 1.165) is 19.3 Å². The van der Waals surface area contributed by atoms with Gasteiger partial charge in [-0.15, -0.1) is 0 Å². The third-order valence-corrected chi connectivity index (χ3v) is 4.64. The Morgan fingerprint density at radius 3 is 2.83 bits per heavy atom. The first kappa shape index (κ1) is 15.7. The molecular weight excluding hydrogens is 298 g/mol. The molecule has 7 heteroatoms. The van der Waals surface area contributed by atoms with E-state index in [1.165, 1.54) is 7.11 Å². The van der Waals surface area contributed by atoms with Crippen molar-refractivity contribution in [2.75, 3.05) is 26.1 Å². The maximum Gasteiger partial charge on any atom is 0.249 e. The summed E-state index contributed by atoms with van der Waals surface area (Å²) in [6.45, 7) is 0.0732. The summed E-state index contributed by atoms with van der Waals surface area (Å²) in [7, 11) is 3.05. The van der Waals surface area contributed by atoms with Crippen molar-refractivity contribution >= 4 is 17.5 Å². The van der Waals surface area contributed by atoms with E-state index in [0.29, 0.717) is 11.6 Å². The summed E-state index contributed by atoms with van der Waals surface area (Å²) < 4.78 is 9.94. The highest BCUT2D eigenvalue weighted by atomic mass is 16.5. The Balaban J connectivity index is 1.65. The van der Waals surface area contributed by atoms with Crippen molar-refractivity contribution in [2.24, 2.45) is 5.92 Å². The summed E-state index contributed by atoms with van der Waals surface area (Å²) in [5.74, 6) is 0.247. The summed E-state index contributed by atoms with van der Waals surface area (Å²) in [6.07, 6.45) is 4.13. The van der Waals surface area contributed by atoms with Crippen LogP contribution < -0.4 is 10.1 Å². The van der Waals surface area contributed by atoms with Gasteiger partial charge in [-0.05, 0) is 25.3 Å². The second-order valence-corrected chi connectivity index (χ2v) is 5.95. The van der Waals surface area contributed by atoms with Crippen LogP contribution >= 0.6 is 0 Å². The van der Waals surface area contributed by atoms with E-state index >= 15 is 0 Å². The zero-order valence-corrected chi connectivity index (χ0v) is 13.3. The summed E-state index contributed by atoms with van der Waals surface area (Å²) in [5, 5.41) is 2.89. The fourth-order valence-electron chi connectivity index (χ4n) is 3.67. The molecule has 3 unspecified atom stereocenters. The monoisotopic (exact) mass is 319 g/mol. The number of anilines is 1. The SMILES string of the molecule is COCC(=O)N1C2CCC1C(C(=O)Nc1ccc(OC)nc1)C2. The van der Waals surface area contributed by atoms with Gasteiger partial charge in [0.1, 0.15) is 6.61 Å². The van der Waals surface area contributed by atoms with Crippen LogP contribution in [-0.2, 0) is 14.3 Å². The second-order valence-electron chi connectivity index (χ2n) is 5.95. The van der Waals surface area contributed by atoms with Gasteiger partial charge in [0.15, 0.2) is 0 Å². The van der Waals surface area contributed by atoms with E-state index in [9.17, 15) is 9.59 Å². The van der Waals surface area contributed by atoms with Crippen LogP contribution in [0.15, 0.2) is 18.3 Å². The number of pyridine rings is 1. The van der Waals surface area contributed by atoms with Crippen molar-refractivity contribution in [2.45, 2.75) is 31.3 Å². The molecule has 2 aliphatic heterocycles. The highest BCUT2D eigenvalue weighted by molar-refractivity contribution is 5.94. The number of hydrogen-bond donors (Lipinski definition) is 1. The van der Waals surface area contributed by atoms with Gasteiger partial charge in [-0.2, -0.15) is 0 Å². The van der Waals surface area contributed by atoms with Gasteiger partial charge < -0.3 is 19.7 Å². The molecule has 2 saturated heterocycles. The number of fused-ring (bicyclic) bond motifs is 2. The molecule has 1 aromatic rings. The molecule has 0 saturated carbocycles. The zero-order chi connectivity index (χ0) is 16.4. The van der Waals surface area contributed by atoms with Gasteiger partial charge in [0.2, 0.25) is 17.7 Å². The first-order valence-corrected chi connectivity index (χ1v) is 7.75. The third-order valence-electron chi connectivity index (χ3n) is 4.64. The average molecular weight is 319 g/mol. The molecule has 2 amide bonds. The smallest absolute Gasteiger partial charge is 0.249 e. The Bertz CT molecular complexity index is 589. The van der Waals surface area contributed by atoms with Crippen molar-refractivity contribution < 1.29 is 19.1 Å². The van der Waals surface area contributed by atoms with Gasteiger partial charge >= 0.3 is 0 Å². The number of nitrogens with zero attached hydrogens (tertiary/aromatic N) is 2. The zero-order valence-electron chi connectivity index (χ0n) is 13.3. The van der Waals surface area contributed by atoms with Crippen LogP contribution in [0.1, 0.15) is 19.3 Å². The molecule has 1 N–H and O–H groups in total. The number of nitrogens with one attached hydrogen (secondary N) is 1. The molecule has 2 bridgehead atoms. The molecule has 23 heavy (non-hydrogen) atoms. The lowest BCUT2D eigenvalue weighted by Gasteiger charge is -2.23. The van der Waals surface area contributed by atoms with E-state index < -0.39 is 0 Å². The summed E-state index contributed by atoms with van der Waals surface area (Å²) in [5.41, 5.74) is 0.633. The van der Waals surface area contributed by atoms with Crippen molar-refractivity contribution in [1.29, 1.82) is 0 Å². The quantitative estimate of drug-likeness (QED) is 0.877. The number of amides is 2. The Morgan fingerprint density at radius 2 is 2.17 bits per heavy atom. The topological polar surface area (TPSA) is 80.8 Å². The average Bonchev–Trinajstić information content (AvgIpc) is 3.14. The van der Waals surface area contributed by atoms with Crippen molar-refractivity contribution in [1.82, 2.24) is 9.88 Å². The molecule has 2 aliphatic rings. The van der Waals surface area contributed by atoms with Crippen LogP contribution in [-0.4, -0.2) is 54.6 Å². The summed E-state index contributed by atoms with van der Waals surface area (Å²) in [4.78, 5) is 30.6. The molecule has 1 aromatic heterocycles. The normalized spacial score (nSPS) is 25.5. The van der Waals surface area contributed by atoms with E-state index in [-0.39, 0.29) is 36.4 Å². The Morgan fingerprint density at radius 1 is 1.35 bits per heavy atom. The predicted molar refractivity (Wildman–Crippen MR) is 83.1 cm³/mol. The molecule has 7 nitrogen and oxygen atoms in total. The fourth-order valence-corrected chi connectivity index (χ4v) is 3.67. The van der Waals surface area contributed by atoms with Crippen LogP contribution in [0.2, 0.25) is 0 Å². The van der Waals surface area contributed by atoms with Crippen LogP contribution in [0.3, 0.4) is 0 Å². The minimum absolute atomic E-state index is 0.0196. The van der Waals surface area contributed by atoms with Crippen LogP contribution in [0.4, 0.5) is 5.69 Å². The van der Waals surface area contributed by atoms with Gasteiger partial charge in [-0.25, -0.2) is 4.98 Å². The van der Waals surface area contributed by atoms with Crippen molar-refractivity contribution in [3.05, 3.63) is 18.3 Å². The summed E-state index contributed by atoms with van der Waals surface area (Å²) in [6, 6.07) is 3.59. The molecule has 0 radical (unpaired) electrons. The lowest BCUT2D eigenvalue weighted by Crippen LogP contribution is -2.40. The number of ether oxygens (including phenoxy) is 2. The maximum absolute atomic E-state index is 12.5. The minimum atomic E-state index is -0.170. The molecular formula is C16H21N3O4. The molecule has 3 atom stereocenters. The van der Waals surface area contributed by atoms with E-state index in [4.69, 9.17) is 9.47 Å². The first-order chi connectivity index (χ1) is 11.1. The van der Waals surface area contributed by atoms with E-state index in [2.05, 4.69) is 10.3 Å². The highest BCUT2D eigenvalue weighted by Crippen LogP contribution is 2.42. The Hall–Kier alpha value is -2.15. The lowest BCUT2D eigenvalue weighted by atomic mass is 9.88. The standard InChI is InChI=1S/C16H21N3O4/c1-22-9-15(20)19-11-4-5-13(19)12(7-11)16(21)18-10-3-6-14(23-2)17-8-10/h3,6,8,11-13H,4-5,7,9H2,1-2H3,(H,18,21). The van der Waals surface area contributed by atoms with E-state index in [1.807, 2.05) is 4.90 Å². The number of methoxy groups -OCH3 is 2. The van der Waals surface area contributed by atoms with Crippen molar-refractivity contribution in [3.63, 3.8) is 0 Å². The number of aromatic nitrogens is 1. The minimum Gasteiger partial charge on any atom is -0.481 e. The highest BCUT2D eigenvalue weighted by Gasteiger charge is 2.50. The lowest BCUT2D eigenvalue weighted by molar-refractivity contribution is -0.136. The van der Waals surface area contributed by atoms with Crippen molar-refractivity contribution in [3.8, 4) is 5.88 Å². The van der Waals surface area contributed by atoms with Crippen LogP contribution in [0.25, 0.3) is 0 Å². The largest absolute Gasteiger partial charge is 0.481 e. The second kappa shape index (κ2) is 6.54. The molecule has 0 aliphatic carbocycles. The van der Waals surface area contributed by atoms with Gasteiger partial charge in [-0.1, -0.05) is 0 Å². The molecule has 124 valence electrons. The van der Waals surface area contributed by atoms with Gasteiger partial charge in [-0.3, -0.25) is 9.59 Å². The van der Waals surface area contributed by atoms with Gasteiger partial charge in [0, 0.05) is 25.3 Å².